The molecule has 0 saturated heterocycles. The molecule has 3 aromatic rings. The maximum Gasteiger partial charge on any atom is 0.335 e. The fraction of sp³-hybridized carbons (Fsp3) is 0.167. The Balaban J connectivity index is 2.42. The van der Waals surface area contributed by atoms with E-state index in [2.05, 4.69) is 0 Å². The summed E-state index contributed by atoms with van der Waals surface area (Å²) in [6.45, 7) is 3.53. The zero-order valence-electron chi connectivity index (χ0n) is 12.7. The highest BCUT2D eigenvalue weighted by Gasteiger charge is 2.15. The number of aromatic carboxylic acids is 1. The maximum absolute atomic E-state index is 12.7. The standard InChI is InChI=1S/C18H14O5/c1-3-14(19)11-6-9(2)17-13(8-11)16(20)12-7-10(18(21)22)4-5-15(12)23-17/h4-8H,3H2,1-2H3,(H,21,22). The minimum Gasteiger partial charge on any atom is -0.478 e. The van der Waals surface area contributed by atoms with E-state index in [9.17, 15) is 14.4 Å². The number of rotatable bonds is 3. The van der Waals surface area contributed by atoms with E-state index in [0.29, 0.717) is 28.7 Å². The van der Waals surface area contributed by atoms with Gasteiger partial charge in [-0.15, -0.1) is 0 Å². The van der Waals surface area contributed by atoms with Crippen LogP contribution in [0.1, 0.15) is 39.6 Å². The second-order valence-electron chi connectivity index (χ2n) is 5.39. The third-order valence-corrected chi connectivity index (χ3v) is 3.85. The van der Waals surface area contributed by atoms with Gasteiger partial charge in [-0.3, -0.25) is 9.59 Å². The summed E-state index contributed by atoms with van der Waals surface area (Å²) in [5, 5.41) is 9.55. The molecule has 0 fully saturated rings. The van der Waals surface area contributed by atoms with Crippen LogP contribution in [0.4, 0.5) is 0 Å². The van der Waals surface area contributed by atoms with E-state index in [1.54, 1.807) is 19.9 Å². The molecule has 3 rings (SSSR count). The van der Waals surface area contributed by atoms with Crippen molar-refractivity contribution in [1.82, 2.24) is 0 Å². The number of carbonyl (C=O) groups excluding carboxylic acids is 1. The Labute approximate surface area is 131 Å². The van der Waals surface area contributed by atoms with Crippen LogP contribution in [0.3, 0.4) is 0 Å². The molecule has 0 radical (unpaired) electrons. The number of Topliss-reactive ketones (excluding diaryl/α,β-unsaturated/α-hetero) is 1. The third-order valence-electron chi connectivity index (χ3n) is 3.85. The van der Waals surface area contributed by atoms with Crippen LogP contribution in [0.5, 0.6) is 0 Å². The van der Waals surface area contributed by atoms with Crippen molar-refractivity contribution in [2.24, 2.45) is 0 Å². The minimum absolute atomic E-state index is 0.0154. The maximum atomic E-state index is 12.7. The molecule has 0 aliphatic heterocycles. The Morgan fingerprint density at radius 3 is 2.43 bits per heavy atom. The highest BCUT2D eigenvalue weighted by Crippen LogP contribution is 2.24. The highest BCUT2D eigenvalue weighted by molar-refractivity contribution is 6.02. The Kier molecular flexibility index (Phi) is 3.48. The van der Waals surface area contributed by atoms with Crippen molar-refractivity contribution >= 4 is 33.7 Å². The molecule has 0 aliphatic rings. The molecule has 5 nitrogen and oxygen atoms in total. The number of aryl methyl sites for hydroxylation is 1. The van der Waals surface area contributed by atoms with Gasteiger partial charge in [0.2, 0.25) is 5.43 Å². The SMILES string of the molecule is CCC(=O)c1cc(C)c2oc3ccc(C(=O)O)cc3c(=O)c2c1. The average Bonchev–Trinajstić information content (AvgIpc) is 2.54. The van der Waals surface area contributed by atoms with Crippen LogP contribution in [0, 0.1) is 6.92 Å². The van der Waals surface area contributed by atoms with Gasteiger partial charge in [-0.1, -0.05) is 6.92 Å². The number of ketones is 1. The van der Waals surface area contributed by atoms with Crippen molar-refractivity contribution in [3.05, 3.63) is 57.2 Å². The number of carboxylic acid groups (broad SMARTS) is 1. The summed E-state index contributed by atoms with van der Waals surface area (Å²) in [5.41, 5.74) is 1.57. The Hall–Kier alpha value is -2.95. The quantitative estimate of drug-likeness (QED) is 0.590. The average molecular weight is 310 g/mol. The molecular weight excluding hydrogens is 296 g/mol. The van der Waals surface area contributed by atoms with Crippen molar-refractivity contribution in [3.8, 4) is 0 Å². The lowest BCUT2D eigenvalue weighted by Gasteiger charge is -2.07. The van der Waals surface area contributed by atoms with Crippen LogP contribution in [0.25, 0.3) is 21.9 Å². The van der Waals surface area contributed by atoms with E-state index < -0.39 is 5.97 Å². The van der Waals surface area contributed by atoms with Gasteiger partial charge in [0.15, 0.2) is 5.78 Å². The summed E-state index contributed by atoms with van der Waals surface area (Å²) in [7, 11) is 0. The van der Waals surface area contributed by atoms with Gasteiger partial charge in [0.1, 0.15) is 11.2 Å². The molecular formula is C18H14O5. The summed E-state index contributed by atoms with van der Waals surface area (Å²) >= 11 is 0. The van der Waals surface area contributed by atoms with Crippen LogP contribution in [-0.4, -0.2) is 16.9 Å². The lowest BCUT2D eigenvalue weighted by molar-refractivity contribution is 0.0697. The van der Waals surface area contributed by atoms with Crippen molar-refractivity contribution in [1.29, 1.82) is 0 Å². The molecule has 116 valence electrons. The van der Waals surface area contributed by atoms with Gasteiger partial charge in [-0.2, -0.15) is 0 Å². The van der Waals surface area contributed by atoms with E-state index in [0.717, 1.165) is 0 Å². The second-order valence-corrected chi connectivity index (χ2v) is 5.39. The Bertz CT molecular complexity index is 1030. The molecule has 1 N–H and O–H groups in total. The molecule has 0 unspecified atom stereocenters. The molecule has 0 amide bonds. The van der Waals surface area contributed by atoms with E-state index >= 15 is 0 Å². The number of fused-ring (bicyclic) bond motifs is 2. The zero-order valence-corrected chi connectivity index (χ0v) is 12.7. The summed E-state index contributed by atoms with van der Waals surface area (Å²) in [4.78, 5) is 35.7. The van der Waals surface area contributed by atoms with Crippen molar-refractivity contribution in [2.75, 3.05) is 0 Å². The van der Waals surface area contributed by atoms with E-state index in [4.69, 9.17) is 9.52 Å². The highest BCUT2D eigenvalue weighted by atomic mass is 16.4. The van der Waals surface area contributed by atoms with Crippen LogP contribution >= 0.6 is 0 Å². The smallest absolute Gasteiger partial charge is 0.335 e. The minimum atomic E-state index is -1.11. The molecule has 1 heterocycles. The molecule has 1 aromatic heterocycles. The van der Waals surface area contributed by atoms with E-state index in [1.165, 1.54) is 24.3 Å². The topological polar surface area (TPSA) is 84.6 Å². The summed E-state index contributed by atoms with van der Waals surface area (Å²) in [6.07, 6.45) is 0.340. The monoisotopic (exact) mass is 310 g/mol. The van der Waals surface area contributed by atoms with E-state index in [1.807, 2.05) is 0 Å². The number of hydrogen-bond donors (Lipinski definition) is 1. The zero-order chi connectivity index (χ0) is 16.7. The molecule has 0 atom stereocenters. The van der Waals surface area contributed by atoms with E-state index in [-0.39, 0.29) is 27.5 Å². The summed E-state index contributed by atoms with van der Waals surface area (Å²) in [6, 6.07) is 7.39. The predicted octanol–water partition coefficient (Wildman–Crippen LogP) is 3.55. The predicted molar refractivity (Wildman–Crippen MR) is 86.3 cm³/mol. The molecule has 2 aromatic carbocycles. The number of hydrogen-bond acceptors (Lipinski definition) is 4. The van der Waals surface area contributed by atoms with Gasteiger partial charge in [0.05, 0.1) is 16.3 Å². The molecule has 5 heteroatoms. The van der Waals surface area contributed by atoms with Crippen LogP contribution < -0.4 is 5.43 Å². The first-order chi connectivity index (χ1) is 10.9. The largest absolute Gasteiger partial charge is 0.478 e. The summed E-state index contributed by atoms with van der Waals surface area (Å²) in [5.74, 6) is -1.17. The molecule has 0 bridgehead atoms. The first kappa shape index (κ1) is 15.0. The number of carboxylic acids is 1. The van der Waals surface area contributed by atoms with Crippen molar-refractivity contribution in [2.45, 2.75) is 20.3 Å². The van der Waals surface area contributed by atoms with Crippen LogP contribution in [0.15, 0.2) is 39.5 Å². The third kappa shape index (κ3) is 2.40. The Morgan fingerprint density at radius 1 is 1.09 bits per heavy atom. The normalized spacial score (nSPS) is 11.0. The molecule has 23 heavy (non-hydrogen) atoms. The first-order valence-corrected chi connectivity index (χ1v) is 7.20. The molecule has 0 saturated carbocycles. The number of benzene rings is 2. The second kappa shape index (κ2) is 5.35. The van der Waals surface area contributed by atoms with Crippen molar-refractivity contribution < 1.29 is 19.1 Å². The van der Waals surface area contributed by atoms with Gasteiger partial charge < -0.3 is 9.52 Å². The summed E-state index contributed by atoms with van der Waals surface area (Å²) < 4.78 is 5.76. The van der Waals surface area contributed by atoms with Crippen LogP contribution in [-0.2, 0) is 0 Å². The molecule has 0 spiro atoms. The Morgan fingerprint density at radius 2 is 1.78 bits per heavy atom. The van der Waals surface area contributed by atoms with Crippen LogP contribution in [0.2, 0.25) is 0 Å². The lowest BCUT2D eigenvalue weighted by Crippen LogP contribution is -2.07. The van der Waals surface area contributed by atoms with Gasteiger partial charge in [0.25, 0.3) is 0 Å². The first-order valence-electron chi connectivity index (χ1n) is 7.20. The fourth-order valence-corrected chi connectivity index (χ4v) is 2.63. The lowest BCUT2D eigenvalue weighted by atomic mass is 10.0. The van der Waals surface area contributed by atoms with Gasteiger partial charge in [-0.05, 0) is 42.8 Å². The van der Waals surface area contributed by atoms with Crippen molar-refractivity contribution in [3.63, 3.8) is 0 Å². The molecule has 0 aliphatic carbocycles. The van der Waals surface area contributed by atoms with Gasteiger partial charge in [0, 0.05) is 12.0 Å². The number of carbonyl (C=O) groups is 2. The van der Waals surface area contributed by atoms with Gasteiger partial charge >= 0.3 is 5.97 Å². The van der Waals surface area contributed by atoms with Gasteiger partial charge in [-0.25, -0.2) is 4.79 Å². The fourth-order valence-electron chi connectivity index (χ4n) is 2.63.